The van der Waals surface area contributed by atoms with Crippen LogP contribution in [0.1, 0.15) is 49.0 Å². The Morgan fingerprint density at radius 1 is 1.28 bits per heavy atom. The van der Waals surface area contributed by atoms with E-state index in [2.05, 4.69) is 19.7 Å². The van der Waals surface area contributed by atoms with E-state index in [1.807, 2.05) is 13.8 Å². The van der Waals surface area contributed by atoms with Crippen molar-refractivity contribution >= 4 is 15.9 Å². The van der Waals surface area contributed by atoms with Crippen LogP contribution in [0.5, 0.6) is 0 Å². The lowest BCUT2D eigenvalue weighted by Gasteiger charge is -2.19. The molecule has 0 bridgehead atoms. The number of carbonyl (C=O) groups is 1. The Balaban J connectivity index is 1.79. The minimum Gasteiger partial charge on any atom is -0.356 e. The average Bonchev–Trinajstić information content (AvgIpc) is 3.34. The molecule has 0 aliphatic carbocycles. The molecule has 1 amide bonds. The molecule has 8 nitrogen and oxygen atoms in total. The van der Waals surface area contributed by atoms with E-state index >= 15 is 0 Å². The maximum atomic E-state index is 12.7. The predicted molar refractivity (Wildman–Crippen MR) is 92.4 cm³/mol. The molecule has 0 aromatic carbocycles. The fourth-order valence-electron chi connectivity index (χ4n) is 2.93. The van der Waals surface area contributed by atoms with Crippen LogP contribution in [0.4, 0.5) is 0 Å². The van der Waals surface area contributed by atoms with Gasteiger partial charge in [-0.1, -0.05) is 13.8 Å². The first-order valence-electron chi connectivity index (χ1n) is 8.38. The zero-order chi connectivity index (χ0) is 18.0. The molecule has 0 radical (unpaired) electrons. The molecule has 25 heavy (non-hydrogen) atoms. The van der Waals surface area contributed by atoms with Crippen LogP contribution < -0.4 is 4.72 Å². The summed E-state index contributed by atoms with van der Waals surface area (Å²) in [5.41, 5.74) is 0.293. The van der Waals surface area contributed by atoms with Crippen LogP contribution in [0.15, 0.2) is 29.6 Å². The van der Waals surface area contributed by atoms with Crippen molar-refractivity contribution in [1.29, 1.82) is 0 Å². The van der Waals surface area contributed by atoms with Crippen molar-refractivity contribution in [2.75, 3.05) is 13.1 Å². The highest BCUT2D eigenvalue weighted by Gasteiger charge is 2.28. The van der Waals surface area contributed by atoms with Gasteiger partial charge in [-0.15, -0.1) is 0 Å². The Kier molecular flexibility index (Phi) is 4.96. The molecule has 1 atom stereocenters. The summed E-state index contributed by atoms with van der Waals surface area (Å²) in [5, 5.41) is 0. The molecule has 2 aromatic heterocycles. The van der Waals surface area contributed by atoms with E-state index in [4.69, 9.17) is 0 Å². The average molecular weight is 365 g/mol. The van der Waals surface area contributed by atoms with E-state index in [0.717, 1.165) is 12.8 Å². The highest BCUT2D eigenvalue weighted by atomic mass is 32.2. The van der Waals surface area contributed by atoms with E-state index in [1.54, 1.807) is 17.3 Å². The maximum absolute atomic E-state index is 12.7. The molecule has 0 saturated carbocycles. The van der Waals surface area contributed by atoms with Gasteiger partial charge in [0.2, 0.25) is 10.0 Å². The highest BCUT2D eigenvalue weighted by Crippen LogP contribution is 2.22. The number of imidazole rings is 1. The van der Waals surface area contributed by atoms with E-state index < -0.39 is 16.1 Å². The SMILES string of the molecule is CC(C)[C@@H](NS(=O)(=O)c1c[nH]c(C(=O)N2CCCC2)c1)c1ncc[nH]1. The largest absolute Gasteiger partial charge is 0.356 e. The van der Waals surface area contributed by atoms with E-state index in [0.29, 0.717) is 24.6 Å². The zero-order valence-electron chi connectivity index (χ0n) is 14.3. The highest BCUT2D eigenvalue weighted by molar-refractivity contribution is 7.89. The molecule has 1 aliphatic rings. The van der Waals surface area contributed by atoms with Crippen LogP contribution >= 0.6 is 0 Å². The predicted octanol–water partition coefficient (Wildman–Crippen LogP) is 1.65. The Morgan fingerprint density at radius 2 is 2.00 bits per heavy atom. The zero-order valence-corrected chi connectivity index (χ0v) is 15.1. The molecular formula is C16H23N5O3S. The van der Waals surface area contributed by atoms with E-state index in [1.165, 1.54) is 12.3 Å². The molecule has 3 heterocycles. The number of amides is 1. The summed E-state index contributed by atoms with van der Waals surface area (Å²) in [4.78, 5) is 24.0. The van der Waals surface area contributed by atoms with Gasteiger partial charge in [-0.25, -0.2) is 18.1 Å². The number of sulfonamides is 1. The number of nitrogens with zero attached hydrogens (tertiary/aromatic N) is 2. The van der Waals surface area contributed by atoms with Crippen molar-refractivity contribution in [1.82, 2.24) is 24.6 Å². The number of aromatic amines is 2. The van der Waals surface area contributed by atoms with Gasteiger partial charge in [-0.05, 0) is 24.8 Å². The molecule has 3 N–H and O–H groups in total. The van der Waals surface area contributed by atoms with Crippen LogP contribution in [0.3, 0.4) is 0 Å². The van der Waals surface area contributed by atoms with Crippen molar-refractivity contribution in [2.45, 2.75) is 37.6 Å². The molecule has 2 aromatic rings. The molecule has 1 fully saturated rings. The first-order valence-corrected chi connectivity index (χ1v) is 9.86. The molecule has 9 heteroatoms. The van der Waals surface area contributed by atoms with E-state index in [-0.39, 0.29) is 16.7 Å². The summed E-state index contributed by atoms with van der Waals surface area (Å²) in [6.07, 6.45) is 6.56. The fourth-order valence-corrected chi connectivity index (χ4v) is 4.28. The van der Waals surface area contributed by atoms with Gasteiger partial charge in [0.1, 0.15) is 16.4 Å². The molecule has 136 valence electrons. The smallest absolute Gasteiger partial charge is 0.270 e. The monoisotopic (exact) mass is 365 g/mol. The lowest BCUT2D eigenvalue weighted by atomic mass is 10.1. The molecule has 1 saturated heterocycles. The van der Waals surface area contributed by atoms with Crippen molar-refractivity contribution in [3.8, 4) is 0 Å². The summed E-state index contributed by atoms with van der Waals surface area (Å²) in [5.74, 6) is 0.401. The van der Waals surface area contributed by atoms with Gasteiger partial charge in [0.05, 0.1) is 6.04 Å². The number of rotatable bonds is 6. The number of hydrogen-bond donors (Lipinski definition) is 3. The number of nitrogens with one attached hydrogen (secondary N) is 3. The van der Waals surface area contributed by atoms with Crippen LogP contribution in [0, 0.1) is 5.92 Å². The van der Waals surface area contributed by atoms with Crippen LogP contribution in [0.2, 0.25) is 0 Å². The number of likely N-dealkylation sites (tertiary alicyclic amines) is 1. The summed E-state index contributed by atoms with van der Waals surface area (Å²) in [7, 11) is -3.78. The second-order valence-corrected chi connectivity index (χ2v) is 8.28. The molecule has 3 rings (SSSR count). The Morgan fingerprint density at radius 3 is 2.60 bits per heavy atom. The summed E-state index contributed by atoms with van der Waals surface area (Å²) in [6, 6.07) is 0.912. The molecule has 0 unspecified atom stereocenters. The topological polar surface area (TPSA) is 111 Å². The van der Waals surface area contributed by atoms with Crippen LogP contribution in [-0.2, 0) is 10.0 Å². The van der Waals surface area contributed by atoms with Gasteiger partial charge in [0.15, 0.2) is 0 Å². The van der Waals surface area contributed by atoms with E-state index in [9.17, 15) is 13.2 Å². The standard InChI is InChI=1S/C16H23N5O3S/c1-11(2)14(15-17-5-6-18-15)20-25(23,24)12-9-13(19-10-12)16(22)21-7-3-4-8-21/h5-6,9-11,14,19-20H,3-4,7-8H2,1-2H3,(H,17,18)/t14-/m1/s1. The lowest BCUT2D eigenvalue weighted by Crippen LogP contribution is -2.32. The summed E-state index contributed by atoms with van der Waals surface area (Å²) < 4.78 is 28.1. The second-order valence-electron chi connectivity index (χ2n) is 6.57. The summed E-state index contributed by atoms with van der Waals surface area (Å²) >= 11 is 0. The first-order chi connectivity index (χ1) is 11.9. The van der Waals surface area contributed by atoms with Gasteiger partial charge in [-0.3, -0.25) is 4.79 Å². The third-order valence-electron chi connectivity index (χ3n) is 4.35. The molecule has 1 aliphatic heterocycles. The fraction of sp³-hybridized carbons (Fsp3) is 0.500. The van der Waals surface area contributed by atoms with Gasteiger partial charge < -0.3 is 14.9 Å². The third-order valence-corrected chi connectivity index (χ3v) is 5.77. The van der Waals surface area contributed by atoms with Crippen molar-refractivity contribution in [2.24, 2.45) is 5.92 Å². The van der Waals surface area contributed by atoms with Crippen molar-refractivity contribution in [3.05, 3.63) is 36.2 Å². The van der Waals surface area contributed by atoms with Crippen molar-refractivity contribution < 1.29 is 13.2 Å². The van der Waals surface area contributed by atoms with Crippen LogP contribution in [0.25, 0.3) is 0 Å². The number of aromatic nitrogens is 3. The Bertz CT molecular complexity index is 820. The quantitative estimate of drug-likeness (QED) is 0.723. The maximum Gasteiger partial charge on any atom is 0.270 e. The molecular weight excluding hydrogens is 342 g/mol. The number of H-pyrrole nitrogens is 2. The minimum atomic E-state index is -3.78. The van der Waals surface area contributed by atoms with Gasteiger partial charge in [0, 0.05) is 31.7 Å². The summed E-state index contributed by atoms with van der Waals surface area (Å²) in [6.45, 7) is 5.25. The third kappa shape index (κ3) is 3.77. The van der Waals surface area contributed by atoms with Crippen LogP contribution in [-0.4, -0.2) is 47.3 Å². The van der Waals surface area contributed by atoms with Gasteiger partial charge >= 0.3 is 0 Å². The molecule has 0 spiro atoms. The number of hydrogen-bond acceptors (Lipinski definition) is 4. The number of carbonyl (C=O) groups excluding carboxylic acids is 1. The Hall–Kier alpha value is -2.13. The normalized spacial score (nSPS) is 16.5. The Labute approximate surface area is 147 Å². The first kappa shape index (κ1) is 17.7. The van der Waals surface area contributed by atoms with Gasteiger partial charge in [0.25, 0.3) is 5.91 Å². The second kappa shape index (κ2) is 7.01. The lowest BCUT2D eigenvalue weighted by molar-refractivity contribution is 0.0787. The van der Waals surface area contributed by atoms with Crippen molar-refractivity contribution in [3.63, 3.8) is 0 Å². The van der Waals surface area contributed by atoms with Gasteiger partial charge in [-0.2, -0.15) is 0 Å². The minimum absolute atomic E-state index is 0.00516.